The Hall–Kier alpha value is -1.54. The van der Waals surface area contributed by atoms with Gasteiger partial charge < -0.3 is 4.74 Å². The van der Waals surface area contributed by atoms with Crippen LogP contribution >= 0.6 is 11.3 Å². The Morgan fingerprint density at radius 3 is 2.79 bits per heavy atom. The smallest absolute Gasteiger partial charge is 0.348 e. The fourth-order valence-electron chi connectivity index (χ4n) is 1.60. The molecule has 2 aromatic rings. The van der Waals surface area contributed by atoms with E-state index in [4.69, 9.17) is 4.74 Å². The number of pyridine rings is 1. The van der Waals surface area contributed by atoms with E-state index in [9.17, 15) is 17.1 Å². The van der Waals surface area contributed by atoms with Crippen LogP contribution in [0.25, 0.3) is 10.2 Å². The molecule has 0 radical (unpaired) electrons. The summed E-state index contributed by atoms with van der Waals surface area (Å²) in [5.41, 5.74) is 0.538. The molecule has 0 aliphatic carbocycles. The predicted molar refractivity (Wildman–Crippen MR) is 68.6 cm³/mol. The molecular formula is C11H10FNO4S2. The van der Waals surface area contributed by atoms with Gasteiger partial charge in [-0.25, -0.2) is 9.78 Å². The van der Waals surface area contributed by atoms with Crippen LogP contribution in [0.15, 0.2) is 17.2 Å². The lowest BCUT2D eigenvalue weighted by molar-refractivity contribution is 0.0531. The van der Waals surface area contributed by atoms with Crippen molar-refractivity contribution >= 4 is 37.7 Å². The van der Waals surface area contributed by atoms with Crippen molar-refractivity contribution in [1.82, 2.24) is 4.98 Å². The summed E-state index contributed by atoms with van der Waals surface area (Å²) in [6.45, 7) is 3.57. The van der Waals surface area contributed by atoms with E-state index < -0.39 is 21.1 Å². The van der Waals surface area contributed by atoms with Crippen molar-refractivity contribution in [2.75, 3.05) is 6.61 Å². The van der Waals surface area contributed by atoms with E-state index in [2.05, 4.69) is 4.98 Å². The van der Waals surface area contributed by atoms with Gasteiger partial charge in [-0.2, -0.15) is 8.42 Å². The minimum absolute atomic E-state index is 0.240. The standard InChI is InChI=1S/C11H10FNO4S2/c1-3-17-11(14)9-6(2)8-4-7(19(12,15)16)5-13-10(8)18-9/h4-5H,3H2,1-2H3. The highest BCUT2D eigenvalue weighted by molar-refractivity contribution is 7.86. The zero-order valence-corrected chi connectivity index (χ0v) is 11.8. The summed E-state index contributed by atoms with van der Waals surface area (Å²) in [4.78, 5) is 15.8. The largest absolute Gasteiger partial charge is 0.462 e. The molecule has 102 valence electrons. The molecule has 8 heteroatoms. The highest BCUT2D eigenvalue weighted by Gasteiger charge is 2.20. The Morgan fingerprint density at radius 2 is 2.21 bits per heavy atom. The lowest BCUT2D eigenvalue weighted by Gasteiger charge is -1.99. The third kappa shape index (κ3) is 2.59. The topological polar surface area (TPSA) is 73.3 Å². The van der Waals surface area contributed by atoms with Crippen LogP contribution in [-0.2, 0) is 15.0 Å². The first kappa shape index (κ1) is 13.9. The number of thiophene rings is 1. The molecule has 0 spiro atoms. The minimum atomic E-state index is -4.81. The molecule has 2 rings (SSSR count). The van der Waals surface area contributed by atoms with Gasteiger partial charge in [0.15, 0.2) is 0 Å². The van der Waals surface area contributed by atoms with Gasteiger partial charge in [0, 0.05) is 11.6 Å². The molecule has 0 aliphatic rings. The van der Waals surface area contributed by atoms with Gasteiger partial charge in [0.1, 0.15) is 14.6 Å². The number of fused-ring (bicyclic) bond motifs is 1. The number of aromatic nitrogens is 1. The van der Waals surface area contributed by atoms with Crippen LogP contribution in [0.4, 0.5) is 3.89 Å². The summed E-state index contributed by atoms with van der Waals surface area (Å²) >= 11 is 1.09. The van der Waals surface area contributed by atoms with Crippen LogP contribution in [0.1, 0.15) is 22.2 Å². The quantitative estimate of drug-likeness (QED) is 0.643. The molecule has 0 aromatic carbocycles. The second kappa shape index (κ2) is 4.86. The van der Waals surface area contributed by atoms with E-state index in [1.165, 1.54) is 6.07 Å². The van der Waals surface area contributed by atoms with E-state index in [0.717, 1.165) is 17.5 Å². The molecular weight excluding hydrogens is 293 g/mol. The van der Waals surface area contributed by atoms with Crippen molar-refractivity contribution < 1.29 is 21.8 Å². The first-order valence-electron chi connectivity index (χ1n) is 5.35. The number of ether oxygens (including phenoxy) is 1. The molecule has 0 unspecified atom stereocenters. The predicted octanol–water partition coefficient (Wildman–Crippen LogP) is 2.44. The van der Waals surface area contributed by atoms with Gasteiger partial charge in [-0.1, -0.05) is 0 Å². The number of rotatable bonds is 3. The normalized spacial score (nSPS) is 11.7. The molecule has 0 N–H and O–H groups in total. The Labute approximate surface area is 113 Å². The summed E-state index contributed by atoms with van der Waals surface area (Å²) in [7, 11) is -4.81. The number of halogens is 1. The van der Waals surface area contributed by atoms with Crippen LogP contribution in [0.3, 0.4) is 0 Å². The number of hydrogen-bond acceptors (Lipinski definition) is 6. The van der Waals surface area contributed by atoms with E-state index in [1.54, 1.807) is 13.8 Å². The maximum Gasteiger partial charge on any atom is 0.348 e. The van der Waals surface area contributed by atoms with E-state index in [1.807, 2.05) is 0 Å². The van der Waals surface area contributed by atoms with Crippen LogP contribution in [-0.4, -0.2) is 26.0 Å². The number of nitrogens with zero attached hydrogens (tertiary/aromatic N) is 1. The molecule has 0 bridgehead atoms. The first-order chi connectivity index (χ1) is 8.84. The molecule has 19 heavy (non-hydrogen) atoms. The monoisotopic (exact) mass is 303 g/mol. The molecule has 0 aliphatic heterocycles. The average Bonchev–Trinajstić information content (AvgIpc) is 2.66. The zero-order valence-electron chi connectivity index (χ0n) is 10.1. The molecule has 0 fully saturated rings. The molecule has 0 saturated heterocycles. The van der Waals surface area contributed by atoms with Crippen molar-refractivity contribution in [2.45, 2.75) is 18.7 Å². The third-order valence-corrected chi connectivity index (χ3v) is 4.49. The van der Waals surface area contributed by atoms with Gasteiger partial charge in [-0.05, 0) is 25.5 Å². The van der Waals surface area contributed by atoms with Crippen molar-refractivity contribution in [1.29, 1.82) is 0 Å². The Kier molecular flexibility index (Phi) is 3.55. The van der Waals surface area contributed by atoms with E-state index in [0.29, 0.717) is 20.7 Å². The van der Waals surface area contributed by atoms with Crippen molar-refractivity contribution in [2.24, 2.45) is 0 Å². The average molecular weight is 303 g/mol. The Morgan fingerprint density at radius 1 is 1.53 bits per heavy atom. The third-order valence-electron chi connectivity index (χ3n) is 2.51. The van der Waals surface area contributed by atoms with Crippen LogP contribution in [0, 0.1) is 6.92 Å². The fraction of sp³-hybridized carbons (Fsp3) is 0.273. The highest BCUT2D eigenvalue weighted by atomic mass is 32.3. The summed E-state index contributed by atoms with van der Waals surface area (Å²) < 4.78 is 39.5. The lowest BCUT2D eigenvalue weighted by atomic mass is 10.2. The fourth-order valence-corrected chi connectivity index (χ4v) is 3.07. The van der Waals surface area contributed by atoms with Crippen molar-refractivity contribution in [3.05, 3.63) is 22.7 Å². The second-order valence-corrected chi connectivity index (χ2v) is 6.08. The first-order valence-corrected chi connectivity index (χ1v) is 7.55. The molecule has 0 saturated carbocycles. The van der Waals surface area contributed by atoms with E-state index >= 15 is 0 Å². The molecule has 0 atom stereocenters. The van der Waals surface area contributed by atoms with Crippen LogP contribution in [0.5, 0.6) is 0 Å². The lowest BCUT2D eigenvalue weighted by Crippen LogP contribution is -2.03. The zero-order chi connectivity index (χ0) is 14.2. The summed E-state index contributed by atoms with van der Waals surface area (Å²) in [6, 6.07) is 1.17. The Bertz CT molecular complexity index is 751. The maximum atomic E-state index is 12.9. The number of carbonyl (C=O) groups excluding carboxylic acids is 1. The summed E-state index contributed by atoms with van der Waals surface area (Å²) in [5.74, 6) is -0.493. The number of esters is 1. The highest BCUT2D eigenvalue weighted by Crippen LogP contribution is 2.31. The van der Waals surface area contributed by atoms with Gasteiger partial charge in [0.2, 0.25) is 0 Å². The van der Waals surface area contributed by atoms with Crippen LogP contribution < -0.4 is 0 Å². The van der Waals surface area contributed by atoms with E-state index in [-0.39, 0.29) is 6.61 Å². The van der Waals surface area contributed by atoms with Gasteiger partial charge in [0.25, 0.3) is 0 Å². The van der Waals surface area contributed by atoms with Gasteiger partial charge in [-0.15, -0.1) is 15.2 Å². The number of hydrogen-bond donors (Lipinski definition) is 0. The van der Waals surface area contributed by atoms with Gasteiger partial charge in [0.05, 0.1) is 6.61 Å². The SMILES string of the molecule is CCOC(=O)c1sc2ncc(S(=O)(=O)F)cc2c1C. The Balaban J connectivity index is 2.62. The van der Waals surface area contributed by atoms with Crippen molar-refractivity contribution in [3.8, 4) is 0 Å². The molecule has 2 heterocycles. The summed E-state index contributed by atoms with van der Waals surface area (Å²) in [5, 5.41) is 0.437. The van der Waals surface area contributed by atoms with Gasteiger partial charge in [-0.3, -0.25) is 0 Å². The maximum absolute atomic E-state index is 12.9. The molecule has 0 amide bonds. The molecule has 5 nitrogen and oxygen atoms in total. The minimum Gasteiger partial charge on any atom is -0.462 e. The van der Waals surface area contributed by atoms with Crippen molar-refractivity contribution in [3.63, 3.8) is 0 Å². The second-order valence-electron chi connectivity index (χ2n) is 3.74. The summed E-state index contributed by atoms with van der Waals surface area (Å²) in [6.07, 6.45) is 0.933. The number of aryl methyl sites for hydroxylation is 1. The molecule has 2 aromatic heterocycles. The number of carbonyl (C=O) groups is 1. The van der Waals surface area contributed by atoms with Crippen LogP contribution in [0.2, 0.25) is 0 Å². The van der Waals surface area contributed by atoms with Gasteiger partial charge >= 0.3 is 16.2 Å².